The van der Waals surface area contributed by atoms with Gasteiger partial charge in [0.1, 0.15) is 5.75 Å². The van der Waals surface area contributed by atoms with Gasteiger partial charge in [-0.2, -0.15) is 0 Å². The highest BCUT2D eigenvalue weighted by atomic mass is 32.2. The molecule has 0 heterocycles. The molecule has 4 N–H and O–H groups in total. The second-order valence-electron chi connectivity index (χ2n) is 10.3. The molecule has 0 aliphatic rings. The molecule has 0 saturated carbocycles. The van der Waals surface area contributed by atoms with Gasteiger partial charge in [-0.3, -0.25) is 4.79 Å². The summed E-state index contributed by atoms with van der Waals surface area (Å²) in [6.07, 6.45) is -0.725. The normalized spacial score (nSPS) is 14.4. The molecule has 0 aromatic heterocycles. The minimum absolute atomic E-state index is 0.140. The van der Waals surface area contributed by atoms with Crippen molar-refractivity contribution in [2.45, 2.75) is 45.9 Å². The maximum Gasteiger partial charge on any atom is 0.225 e. The van der Waals surface area contributed by atoms with Gasteiger partial charge in [-0.05, 0) is 35.6 Å². The molecule has 10 nitrogen and oxygen atoms in total. The number of benzene rings is 2. The van der Waals surface area contributed by atoms with Crippen LogP contribution in [0.15, 0.2) is 54.6 Å². The molecule has 1 amide bonds. The van der Waals surface area contributed by atoms with Crippen LogP contribution in [0.25, 0.3) is 0 Å². The summed E-state index contributed by atoms with van der Waals surface area (Å²) in [5.74, 6) is -2.07. The number of sulfone groups is 1. The lowest BCUT2D eigenvalue weighted by molar-refractivity contribution is -0.125. The third-order valence-electron chi connectivity index (χ3n) is 6.28. The van der Waals surface area contributed by atoms with Crippen molar-refractivity contribution in [2.24, 2.45) is 11.8 Å². The van der Waals surface area contributed by atoms with Crippen LogP contribution in [0.3, 0.4) is 0 Å². The van der Waals surface area contributed by atoms with E-state index in [4.69, 9.17) is 4.74 Å². The highest BCUT2D eigenvalue weighted by Gasteiger charge is 2.30. The van der Waals surface area contributed by atoms with Gasteiger partial charge in [0.15, 0.2) is 9.84 Å². The lowest BCUT2D eigenvalue weighted by Crippen LogP contribution is -2.52. The molecule has 0 radical (unpaired) electrons. The van der Waals surface area contributed by atoms with Crippen molar-refractivity contribution in [1.29, 1.82) is 0 Å². The maximum absolute atomic E-state index is 13.4. The van der Waals surface area contributed by atoms with Crippen LogP contribution in [0, 0.1) is 11.8 Å². The SMILES string of the molecule is CCS(=O)(=O)CC(CNS(=O)(=O)CC(C)C)C(=O)N[C@@H](Cc1ccccc1)[C@H](O)CNCc1cccc(OC)c1. The van der Waals surface area contributed by atoms with E-state index in [0.717, 1.165) is 11.1 Å². The summed E-state index contributed by atoms with van der Waals surface area (Å²) in [5.41, 5.74) is 1.82. The number of ether oxygens (including phenoxy) is 1. The van der Waals surface area contributed by atoms with Crippen LogP contribution in [0.4, 0.5) is 0 Å². The third-order valence-corrected chi connectivity index (χ3v) is 9.78. The van der Waals surface area contributed by atoms with E-state index in [1.807, 2.05) is 54.6 Å². The molecule has 0 aliphatic carbocycles. The van der Waals surface area contributed by atoms with E-state index in [1.54, 1.807) is 21.0 Å². The maximum atomic E-state index is 13.4. The van der Waals surface area contributed by atoms with Crippen molar-refractivity contribution in [1.82, 2.24) is 15.4 Å². The zero-order valence-electron chi connectivity index (χ0n) is 23.7. The number of aliphatic hydroxyl groups is 1. The number of methoxy groups -OCH3 is 1. The van der Waals surface area contributed by atoms with Crippen LogP contribution >= 0.6 is 0 Å². The molecule has 3 atom stereocenters. The summed E-state index contributed by atoms with van der Waals surface area (Å²) >= 11 is 0. The van der Waals surface area contributed by atoms with E-state index in [1.165, 1.54) is 6.92 Å². The van der Waals surface area contributed by atoms with Gasteiger partial charge in [-0.15, -0.1) is 0 Å². The Hall–Kier alpha value is -2.51. The monoisotopic (exact) mass is 597 g/mol. The molecule has 2 rings (SSSR count). The van der Waals surface area contributed by atoms with Gasteiger partial charge in [0.05, 0.1) is 36.7 Å². The first-order valence-electron chi connectivity index (χ1n) is 13.4. The molecule has 1 unspecified atom stereocenters. The number of nitrogens with one attached hydrogen (secondary N) is 3. The molecule has 12 heteroatoms. The Morgan fingerprint density at radius 2 is 1.62 bits per heavy atom. The van der Waals surface area contributed by atoms with Gasteiger partial charge in [0.25, 0.3) is 0 Å². The summed E-state index contributed by atoms with van der Waals surface area (Å²) in [6.45, 7) is 5.22. The molecule has 0 aliphatic heterocycles. The predicted octanol–water partition coefficient (Wildman–Crippen LogP) is 1.50. The molecule has 0 spiro atoms. The quantitative estimate of drug-likeness (QED) is 0.202. The summed E-state index contributed by atoms with van der Waals surface area (Å²) in [7, 11) is -5.72. The number of hydrogen-bond acceptors (Lipinski definition) is 8. The van der Waals surface area contributed by atoms with Crippen molar-refractivity contribution >= 4 is 25.8 Å². The minimum atomic E-state index is -3.70. The second kappa shape index (κ2) is 16.1. The van der Waals surface area contributed by atoms with E-state index in [9.17, 15) is 26.7 Å². The number of hydrogen-bond donors (Lipinski definition) is 4. The van der Waals surface area contributed by atoms with Crippen molar-refractivity contribution in [3.05, 3.63) is 65.7 Å². The summed E-state index contributed by atoms with van der Waals surface area (Å²) in [4.78, 5) is 13.4. The number of aliphatic hydroxyl groups excluding tert-OH is 1. The van der Waals surface area contributed by atoms with E-state index in [0.29, 0.717) is 18.7 Å². The number of carbonyl (C=O) groups is 1. The fraction of sp³-hybridized carbons (Fsp3) is 0.536. The number of carbonyl (C=O) groups excluding carboxylic acids is 1. The Kier molecular flexibility index (Phi) is 13.5. The van der Waals surface area contributed by atoms with Gasteiger partial charge in [-0.25, -0.2) is 21.6 Å². The first-order valence-corrected chi connectivity index (χ1v) is 16.8. The molecule has 40 heavy (non-hydrogen) atoms. The predicted molar refractivity (Wildman–Crippen MR) is 157 cm³/mol. The highest BCUT2D eigenvalue weighted by molar-refractivity contribution is 7.91. The topological polar surface area (TPSA) is 151 Å². The zero-order valence-corrected chi connectivity index (χ0v) is 25.3. The fourth-order valence-electron chi connectivity index (χ4n) is 4.12. The van der Waals surface area contributed by atoms with Crippen LogP contribution in [0.5, 0.6) is 5.75 Å². The van der Waals surface area contributed by atoms with Gasteiger partial charge < -0.3 is 20.5 Å². The second-order valence-corrected chi connectivity index (χ2v) is 14.5. The third kappa shape index (κ3) is 12.3. The van der Waals surface area contributed by atoms with E-state index in [2.05, 4.69) is 15.4 Å². The highest BCUT2D eigenvalue weighted by Crippen LogP contribution is 2.13. The minimum Gasteiger partial charge on any atom is -0.497 e. The van der Waals surface area contributed by atoms with Crippen LogP contribution in [0.2, 0.25) is 0 Å². The summed E-state index contributed by atoms with van der Waals surface area (Å²) < 4.78 is 57.3. The summed E-state index contributed by atoms with van der Waals surface area (Å²) in [5, 5.41) is 17.1. The average Bonchev–Trinajstić information content (AvgIpc) is 2.90. The Morgan fingerprint density at radius 3 is 2.25 bits per heavy atom. The molecule has 0 saturated heterocycles. The van der Waals surface area contributed by atoms with Crippen molar-refractivity contribution < 1.29 is 31.5 Å². The smallest absolute Gasteiger partial charge is 0.225 e. The molecule has 224 valence electrons. The number of sulfonamides is 1. The molecule has 0 bridgehead atoms. The van der Waals surface area contributed by atoms with Gasteiger partial charge >= 0.3 is 0 Å². The summed E-state index contributed by atoms with van der Waals surface area (Å²) in [6, 6.07) is 16.0. The average molecular weight is 598 g/mol. The number of rotatable bonds is 18. The van der Waals surface area contributed by atoms with Crippen LogP contribution in [0.1, 0.15) is 31.9 Å². The molecular weight excluding hydrogens is 554 g/mol. The van der Waals surface area contributed by atoms with E-state index in [-0.39, 0.29) is 30.5 Å². The van der Waals surface area contributed by atoms with E-state index < -0.39 is 49.6 Å². The van der Waals surface area contributed by atoms with Gasteiger partial charge in [0.2, 0.25) is 15.9 Å². The first kappa shape index (κ1) is 33.7. The van der Waals surface area contributed by atoms with E-state index >= 15 is 0 Å². The van der Waals surface area contributed by atoms with Gasteiger partial charge in [-0.1, -0.05) is 63.2 Å². The van der Waals surface area contributed by atoms with Crippen LogP contribution in [-0.4, -0.2) is 77.5 Å². The Labute approximate surface area is 238 Å². The van der Waals surface area contributed by atoms with Crippen molar-refractivity contribution in [2.75, 3.05) is 37.5 Å². The molecular formula is C28H43N3O7S2. The molecule has 0 fully saturated rings. The van der Waals surface area contributed by atoms with Crippen LogP contribution in [-0.2, 0) is 37.6 Å². The molecule has 2 aromatic carbocycles. The molecule has 2 aromatic rings. The fourth-order valence-corrected chi connectivity index (χ4v) is 6.69. The van der Waals surface area contributed by atoms with Crippen molar-refractivity contribution in [3.63, 3.8) is 0 Å². The van der Waals surface area contributed by atoms with Crippen LogP contribution < -0.4 is 20.1 Å². The standard InChI is InChI=1S/C28H43N3O7S2/c1-5-39(34,35)20-24(17-30-40(36,37)19-21(2)3)28(33)31-26(15-22-10-7-6-8-11-22)27(32)18-29-16-23-12-9-13-25(14-23)38-4/h6-14,21,24,26-27,29-30,32H,5,15-20H2,1-4H3,(H,31,33)/t24?,26-,27+/m0/s1. The Bertz CT molecular complexity index is 1270. The Morgan fingerprint density at radius 1 is 0.950 bits per heavy atom. The zero-order chi connectivity index (χ0) is 29.8. The Balaban J connectivity index is 2.18. The van der Waals surface area contributed by atoms with Crippen molar-refractivity contribution in [3.8, 4) is 5.75 Å². The lowest BCUT2D eigenvalue weighted by atomic mass is 10.00. The first-order chi connectivity index (χ1) is 18.8. The number of amides is 1. The lowest BCUT2D eigenvalue weighted by Gasteiger charge is -2.27. The largest absolute Gasteiger partial charge is 0.497 e. The van der Waals surface area contributed by atoms with Gasteiger partial charge in [0, 0.05) is 25.4 Å².